The molecule has 0 radical (unpaired) electrons. The SMILES string of the molecule is N#Cc1c(-c2ccccc2)nc(NN=Cc2c(F)cc(I)cc2F)[nH]c1=O. The zero-order valence-electron chi connectivity index (χ0n) is 13.5. The predicted octanol–water partition coefficient (Wildman–Crippen LogP) is 3.64. The summed E-state index contributed by atoms with van der Waals surface area (Å²) in [7, 11) is 0. The van der Waals surface area contributed by atoms with Crippen LogP contribution in [0.25, 0.3) is 11.3 Å². The van der Waals surface area contributed by atoms with Crippen LogP contribution in [-0.2, 0) is 0 Å². The molecule has 0 saturated carbocycles. The monoisotopic (exact) mass is 477 g/mol. The van der Waals surface area contributed by atoms with Gasteiger partial charge in [-0.1, -0.05) is 30.3 Å². The molecule has 6 nitrogen and oxygen atoms in total. The van der Waals surface area contributed by atoms with E-state index in [0.717, 1.165) is 6.21 Å². The van der Waals surface area contributed by atoms with Gasteiger partial charge in [-0.2, -0.15) is 10.4 Å². The Bertz CT molecular complexity index is 1100. The van der Waals surface area contributed by atoms with Crippen LogP contribution >= 0.6 is 22.6 Å². The highest BCUT2D eigenvalue weighted by Gasteiger charge is 2.13. The second-order valence-electron chi connectivity index (χ2n) is 5.27. The molecule has 0 spiro atoms. The fourth-order valence-electron chi connectivity index (χ4n) is 2.27. The predicted molar refractivity (Wildman–Crippen MR) is 105 cm³/mol. The molecule has 0 saturated heterocycles. The zero-order valence-corrected chi connectivity index (χ0v) is 15.7. The molecule has 1 aromatic heterocycles. The van der Waals surface area contributed by atoms with E-state index in [2.05, 4.69) is 20.5 Å². The minimum absolute atomic E-state index is 0.0690. The minimum atomic E-state index is -0.767. The number of rotatable bonds is 4. The number of hydrogen-bond donors (Lipinski definition) is 2. The maximum Gasteiger partial charge on any atom is 0.270 e. The van der Waals surface area contributed by atoms with Crippen molar-refractivity contribution in [1.29, 1.82) is 5.26 Å². The van der Waals surface area contributed by atoms with E-state index in [0.29, 0.717) is 9.13 Å². The molecule has 3 rings (SSSR count). The van der Waals surface area contributed by atoms with Crippen LogP contribution in [0.4, 0.5) is 14.7 Å². The lowest BCUT2D eigenvalue weighted by Gasteiger charge is -2.06. The lowest BCUT2D eigenvalue weighted by atomic mass is 10.1. The number of anilines is 1. The number of nitrogens with one attached hydrogen (secondary N) is 2. The third-order valence-electron chi connectivity index (χ3n) is 3.49. The normalized spacial score (nSPS) is 10.7. The second kappa shape index (κ2) is 8.05. The van der Waals surface area contributed by atoms with Crippen LogP contribution in [0.5, 0.6) is 0 Å². The van der Waals surface area contributed by atoms with E-state index in [1.165, 1.54) is 12.1 Å². The summed E-state index contributed by atoms with van der Waals surface area (Å²) in [6.07, 6.45) is 0.946. The molecule has 1 heterocycles. The number of nitrogens with zero attached hydrogens (tertiary/aromatic N) is 3. The van der Waals surface area contributed by atoms with E-state index in [4.69, 9.17) is 0 Å². The molecule has 134 valence electrons. The van der Waals surface area contributed by atoms with Gasteiger partial charge in [-0.05, 0) is 34.7 Å². The van der Waals surface area contributed by atoms with Crippen molar-refractivity contribution >= 4 is 34.8 Å². The van der Waals surface area contributed by atoms with Crippen LogP contribution in [0.15, 0.2) is 52.4 Å². The maximum absolute atomic E-state index is 13.8. The third-order valence-corrected chi connectivity index (χ3v) is 4.11. The molecule has 0 bridgehead atoms. The van der Waals surface area contributed by atoms with Gasteiger partial charge in [0, 0.05) is 9.13 Å². The summed E-state index contributed by atoms with van der Waals surface area (Å²) in [6.45, 7) is 0. The van der Waals surface area contributed by atoms with Crippen molar-refractivity contribution in [3.8, 4) is 17.3 Å². The van der Waals surface area contributed by atoms with Gasteiger partial charge >= 0.3 is 0 Å². The van der Waals surface area contributed by atoms with Gasteiger partial charge in [-0.3, -0.25) is 9.78 Å². The summed E-state index contributed by atoms with van der Waals surface area (Å²) in [5, 5.41) is 12.9. The van der Waals surface area contributed by atoms with Gasteiger partial charge in [0.25, 0.3) is 5.56 Å². The molecular weight excluding hydrogens is 467 g/mol. The number of aromatic nitrogens is 2. The highest BCUT2D eigenvalue weighted by atomic mass is 127. The van der Waals surface area contributed by atoms with Crippen LogP contribution < -0.4 is 11.0 Å². The van der Waals surface area contributed by atoms with Gasteiger partial charge in [0.05, 0.1) is 17.5 Å². The molecule has 27 heavy (non-hydrogen) atoms. The van der Waals surface area contributed by atoms with Crippen molar-refractivity contribution in [3.63, 3.8) is 0 Å². The highest BCUT2D eigenvalue weighted by Crippen LogP contribution is 2.19. The molecule has 0 unspecified atom stereocenters. The Balaban J connectivity index is 1.94. The van der Waals surface area contributed by atoms with Gasteiger partial charge < -0.3 is 0 Å². The quantitative estimate of drug-likeness (QED) is 0.341. The summed E-state index contributed by atoms with van der Waals surface area (Å²) in [5.41, 5.74) is 2.03. The molecule has 0 fully saturated rings. The average Bonchev–Trinajstić information content (AvgIpc) is 2.64. The first-order valence-corrected chi connectivity index (χ1v) is 8.61. The molecule has 3 aromatic rings. The van der Waals surface area contributed by atoms with Crippen molar-refractivity contribution in [2.75, 3.05) is 5.43 Å². The molecule has 0 aliphatic carbocycles. The van der Waals surface area contributed by atoms with Crippen molar-refractivity contribution in [2.45, 2.75) is 0 Å². The average molecular weight is 477 g/mol. The molecule has 0 aliphatic rings. The fourth-order valence-corrected chi connectivity index (χ4v) is 2.82. The first-order valence-electron chi connectivity index (χ1n) is 7.53. The van der Waals surface area contributed by atoms with E-state index in [1.807, 2.05) is 6.07 Å². The third kappa shape index (κ3) is 4.17. The van der Waals surface area contributed by atoms with Crippen molar-refractivity contribution in [3.05, 3.63) is 79.1 Å². The first-order chi connectivity index (χ1) is 13.0. The molecule has 0 atom stereocenters. The second-order valence-corrected chi connectivity index (χ2v) is 6.51. The number of hydrazone groups is 1. The van der Waals surface area contributed by atoms with Crippen LogP contribution in [0, 0.1) is 26.5 Å². The van der Waals surface area contributed by atoms with Crippen molar-refractivity contribution in [2.24, 2.45) is 5.10 Å². The van der Waals surface area contributed by atoms with E-state index in [1.54, 1.807) is 52.9 Å². The Morgan fingerprint density at radius 1 is 1.22 bits per heavy atom. The van der Waals surface area contributed by atoms with Gasteiger partial charge in [0.2, 0.25) is 5.95 Å². The number of halogens is 3. The molecule has 2 N–H and O–H groups in total. The Kier molecular flexibility index (Phi) is 5.56. The Hall–Kier alpha value is -3.13. The van der Waals surface area contributed by atoms with Crippen LogP contribution in [0.2, 0.25) is 0 Å². The highest BCUT2D eigenvalue weighted by molar-refractivity contribution is 14.1. The van der Waals surface area contributed by atoms with Crippen LogP contribution in [0.1, 0.15) is 11.1 Å². The first kappa shape index (κ1) is 18.7. The van der Waals surface area contributed by atoms with Crippen molar-refractivity contribution < 1.29 is 8.78 Å². The van der Waals surface area contributed by atoms with Crippen LogP contribution in [0.3, 0.4) is 0 Å². The summed E-state index contributed by atoms with van der Waals surface area (Å²) < 4.78 is 28.0. The molecule has 0 amide bonds. The Labute approximate surface area is 165 Å². The van der Waals surface area contributed by atoms with Crippen molar-refractivity contribution in [1.82, 2.24) is 9.97 Å². The van der Waals surface area contributed by atoms with Gasteiger partial charge in [-0.25, -0.2) is 19.2 Å². The lowest BCUT2D eigenvalue weighted by Crippen LogP contribution is -2.16. The minimum Gasteiger partial charge on any atom is -0.290 e. The summed E-state index contributed by atoms with van der Waals surface area (Å²) in [5.74, 6) is -1.60. The number of H-pyrrole nitrogens is 1. The van der Waals surface area contributed by atoms with Gasteiger partial charge in [-0.15, -0.1) is 0 Å². The van der Waals surface area contributed by atoms with Gasteiger partial charge in [0.1, 0.15) is 23.3 Å². The smallest absolute Gasteiger partial charge is 0.270 e. The molecule has 2 aromatic carbocycles. The van der Waals surface area contributed by atoms with E-state index in [-0.39, 0.29) is 22.8 Å². The standard InChI is InChI=1S/C18H10F2IN5O/c19-14-6-11(21)7-15(20)13(14)9-23-26-18-24-16(10-4-2-1-3-5-10)12(8-22)17(27)25-18/h1-7,9H,(H2,24,25,26,27). The molecule has 0 aliphatic heterocycles. The summed E-state index contributed by atoms with van der Waals surface area (Å²) >= 11 is 1.80. The fraction of sp³-hybridized carbons (Fsp3) is 0. The largest absolute Gasteiger partial charge is 0.290 e. The van der Waals surface area contributed by atoms with Gasteiger partial charge in [0.15, 0.2) is 0 Å². The van der Waals surface area contributed by atoms with E-state index in [9.17, 15) is 18.8 Å². The maximum atomic E-state index is 13.8. The zero-order chi connectivity index (χ0) is 19.4. The summed E-state index contributed by atoms with van der Waals surface area (Å²) in [4.78, 5) is 18.6. The number of hydrogen-bond acceptors (Lipinski definition) is 5. The van der Waals surface area contributed by atoms with E-state index >= 15 is 0 Å². The Morgan fingerprint density at radius 3 is 2.52 bits per heavy atom. The van der Waals surface area contributed by atoms with Crippen LogP contribution in [-0.4, -0.2) is 16.2 Å². The topological polar surface area (TPSA) is 93.9 Å². The molecular formula is C18H10F2IN5O. The number of aromatic amines is 1. The number of nitriles is 1. The molecule has 9 heteroatoms. The number of benzene rings is 2. The Morgan fingerprint density at radius 2 is 1.89 bits per heavy atom. The summed E-state index contributed by atoms with van der Waals surface area (Å²) in [6, 6.07) is 12.8. The lowest BCUT2D eigenvalue weighted by molar-refractivity contribution is 0.578. The van der Waals surface area contributed by atoms with E-state index < -0.39 is 17.2 Å².